The molecule has 0 unspecified atom stereocenters. The molecule has 3 aromatic carbocycles. The van der Waals surface area contributed by atoms with E-state index in [1.54, 1.807) is 0 Å². The summed E-state index contributed by atoms with van der Waals surface area (Å²) in [6.45, 7) is 2.76. The molecule has 0 aliphatic carbocycles. The van der Waals surface area contributed by atoms with Gasteiger partial charge in [-0.1, -0.05) is 59.6 Å². The van der Waals surface area contributed by atoms with E-state index < -0.39 is 5.97 Å². The van der Waals surface area contributed by atoms with Gasteiger partial charge in [0.1, 0.15) is 5.75 Å². The second-order valence-electron chi connectivity index (χ2n) is 7.94. The second-order valence-corrected chi connectivity index (χ2v) is 8.81. The average Bonchev–Trinajstić information content (AvgIpc) is 2.79. The van der Waals surface area contributed by atoms with Crippen molar-refractivity contribution in [3.8, 4) is 5.75 Å². The predicted molar refractivity (Wildman–Crippen MR) is 130 cm³/mol. The first-order valence-electron chi connectivity index (χ1n) is 10.5. The summed E-state index contributed by atoms with van der Waals surface area (Å²) in [5.74, 6) is -0.423. The largest absolute Gasteiger partial charge is 0.482 e. The molecule has 3 rings (SSSR count). The van der Waals surface area contributed by atoms with Crippen LogP contribution in [-0.2, 0) is 16.8 Å². The Kier molecular flexibility index (Phi) is 8.19. The molecule has 0 aromatic heterocycles. The van der Waals surface area contributed by atoms with E-state index in [4.69, 9.17) is 33.0 Å². The third kappa shape index (κ3) is 6.04. The number of hydrogen-bond donors (Lipinski definition) is 1. The third-order valence-electron chi connectivity index (χ3n) is 5.82. The highest BCUT2D eigenvalue weighted by atomic mass is 35.5. The first-order chi connectivity index (χ1) is 15.3. The van der Waals surface area contributed by atoms with Crippen LogP contribution < -0.4 is 4.74 Å². The smallest absolute Gasteiger partial charge is 0.341 e. The van der Waals surface area contributed by atoms with Gasteiger partial charge >= 0.3 is 5.97 Å². The van der Waals surface area contributed by atoms with Crippen LogP contribution in [0.5, 0.6) is 5.75 Å². The Morgan fingerprint density at radius 3 is 1.88 bits per heavy atom. The fourth-order valence-electron chi connectivity index (χ4n) is 3.80. The number of rotatable bonds is 10. The maximum absolute atomic E-state index is 10.6. The van der Waals surface area contributed by atoms with Crippen LogP contribution >= 0.6 is 23.2 Å². The van der Waals surface area contributed by atoms with Crippen molar-refractivity contribution < 1.29 is 14.6 Å². The molecule has 0 spiro atoms. The van der Waals surface area contributed by atoms with Gasteiger partial charge in [-0.3, -0.25) is 4.90 Å². The van der Waals surface area contributed by atoms with Gasteiger partial charge < -0.3 is 9.84 Å². The average molecular weight is 472 g/mol. The molecule has 0 aliphatic heterocycles. The third-order valence-corrected chi connectivity index (χ3v) is 6.32. The van der Waals surface area contributed by atoms with E-state index in [-0.39, 0.29) is 12.1 Å². The number of nitrogens with zero attached hydrogens (tertiary/aromatic N) is 1. The molecule has 168 valence electrons. The summed E-state index contributed by atoms with van der Waals surface area (Å²) in [6, 6.07) is 23.6. The van der Waals surface area contributed by atoms with Gasteiger partial charge in [-0.25, -0.2) is 4.79 Å². The zero-order chi connectivity index (χ0) is 23.1. The highest BCUT2D eigenvalue weighted by Gasteiger charge is 2.33. The monoisotopic (exact) mass is 471 g/mol. The second kappa shape index (κ2) is 10.9. The molecular weight excluding hydrogens is 445 g/mol. The number of carboxylic acids is 1. The van der Waals surface area contributed by atoms with Crippen molar-refractivity contribution in [1.29, 1.82) is 0 Å². The van der Waals surface area contributed by atoms with Crippen molar-refractivity contribution in [2.24, 2.45) is 0 Å². The lowest BCUT2D eigenvalue weighted by molar-refractivity contribution is -0.139. The Hall–Kier alpha value is -2.53. The van der Waals surface area contributed by atoms with Crippen molar-refractivity contribution in [2.45, 2.75) is 25.3 Å². The van der Waals surface area contributed by atoms with Crippen LogP contribution in [0.2, 0.25) is 10.0 Å². The number of aliphatic carboxylic acids is 1. The quantitative estimate of drug-likeness (QED) is 0.377. The molecule has 0 bridgehead atoms. The molecule has 3 aromatic rings. The van der Waals surface area contributed by atoms with E-state index in [2.05, 4.69) is 43.1 Å². The Labute approximate surface area is 199 Å². The molecule has 32 heavy (non-hydrogen) atoms. The number of ether oxygens (including phenoxy) is 1. The molecule has 0 atom stereocenters. The minimum atomic E-state index is -0.985. The molecular formula is C26H27Cl2NO3. The first-order valence-corrected chi connectivity index (χ1v) is 11.2. The summed E-state index contributed by atoms with van der Waals surface area (Å²) in [5.41, 5.74) is 3.16. The van der Waals surface area contributed by atoms with Crippen molar-refractivity contribution >= 4 is 29.2 Å². The summed E-state index contributed by atoms with van der Waals surface area (Å²) in [6.07, 6.45) is 1.86. The lowest BCUT2D eigenvalue weighted by atomic mass is 9.83. The fourth-order valence-corrected chi connectivity index (χ4v) is 4.05. The number of hydrogen-bond acceptors (Lipinski definition) is 3. The summed E-state index contributed by atoms with van der Waals surface area (Å²) in [4.78, 5) is 13.0. The number of benzene rings is 3. The molecule has 0 heterocycles. The molecule has 6 heteroatoms. The maximum atomic E-state index is 10.6. The topological polar surface area (TPSA) is 49.8 Å². The predicted octanol–water partition coefficient (Wildman–Crippen LogP) is 6.28. The van der Waals surface area contributed by atoms with Crippen molar-refractivity contribution in [1.82, 2.24) is 4.90 Å². The van der Waals surface area contributed by atoms with E-state index >= 15 is 0 Å². The van der Waals surface area contributed by atoms with Gasteiger partial charge in [0.15, 0.2) is 6.61 Å². The van der Waals surface area contributed by atoms with Crippen LogP contribution in [0.1, 0.15) is 30.0 Å². The van der Waals surface area contributed by atoms with Gasteiger partial charge in [-0.15, -0.1) is 0 Å². The van der Waals surface area contributed by atoms with Gasteiger partial charge in [0, 0.05) is 10.0 Å². The molecule has 0 fully saturated rings. The first kappa shape index (κ1) is 24.1. The molecule has 0 amide bonds. The molecule has 4 nitrogen and oxygen atoms in total. The van der Waals surface area contributed by atoms with E-state index in [1.165, 1.54) is 5.56 Å². The minimum Gasteiger partial charge on any atom is -0.482 e. The molecule has 1 N–H and O–H groups in total. The van der Waals surface area contributed by atoms with Gasteiger partial charge in [0.2, 0.25) is 0 Å². The van der Waals surface area contributed by atoms with Gasteiger partial charge in [-0.2, -0.15) is 0 Å². The lowest BCUT2D eigenvalue weighted by Crippen LogP contribution is -2.42. The highest BCUT2D eigenvalue weighted by Crippen LogP contribution is 2.36. The number of aryl methyl sites for hydroxylation is 1. The van der Waals surface area contributed by atoms with Crippen LogP contribution in [0.3, 0.4) is 0 Å². The van der Waals surface area contributed by atoms with E-state index in [0.29, 0.717) is 15.8 Å². The lowest BCUT2D eigenvalue weighted by Gasteiger charge is -2.40. The fraction of sp³-hybridized carbons (Fsp3) is 0.269. The number of carboxylic acid groups (broad SMARTS) is 1. The van der Waals surface area contributed by atoms with Crippen LogP contribution in [0.15, 0.2) is 72.8 Å². The molecule has 0 saturated carbocycles. The van der Waals surface area contributed by atoms with E-state index in [9.17, 15) is 4.79 Å². The van der Waals surface area contributed by atoms with Crippen LogP contribution in [0.25, 0.3) is 0 Å². The Bertz CT molecular complexity index is 973. The Morgan fingerprint density at radius 1 is 0.906 bits per heavy atom. The molecule has 0 aliphatic rings. The van der Waals surface area contributed by atoms with E-state index in [1.807, 2.05) is 48.5 Å². The van der Waals surface area contributed by atoms with Gasteiger partial charge in [-0.05, 0) is 86.4 Å². The number of halogens is 2. The van der Waals surface area contributed by atoms with E-state index in [0.717, 1.165) is 30.5 Å². The summed E-state index contributed by atoms with van der Waals surface area (Å²) in [5, 5.41) is 10.1. The van der Waals surface area contributed by atoms with Gasteiger partial charge in [0.25, 0.3) is 0 Å². The van der Waals surface area contributed by atoms with Crippen LogP contribution in [-0.4, -0.2) is 36.2 Å². The maximum Gasteiger partial charge on any atom is 0.341 e. The molecule has 0 radical (unpaired) electrons. The Morgan fingerprint density at radius 2 is 1.41 bits per heavy atom. The zero-order valence-corrected chi connectivity index (χ0v) is 19.7. The van der Waals surface area contributed by atoms with Crippen molar-refractivity contribution in [2.75, 3.05) is 20.2 Å². The zero-order valence-electron chi connectivity index (χ0n) is 18.2. The Balaban J connectivity index is 1.70. The standard InChI is InChI=1S/C26H27Cl2NO3/c1-26(20-7-11-22(27)12-8-20,21-9-13-23(28)14-10-21)29(2)17-3-4-19-5-15-24(16-6-19)32-18-25(30)31/h5-16H,3-4,17-18H2,1-2H3,(H,30,31). The minimum absolute atomic E-state index is 0.335. The van der Waals surface area contributed by atoms with Crippen LogP contribution in [0, 0.1) is 0 Å². The van der Waals surface area contributed by atoms with Gasteiger partial charge in [0.05, 0.1) is 5.54 Å². The van der Waals surface area contributed by atoms with Crippen LogP contribution in [0.4, 0.5) is 0 Å². The SMILES string of the molecule is CN(CCCc1ccc(OCC(=O)O)cc1)C(C)(c1ccc(Cl)cc1)c1ccc(Cl)cc1. The highest BCUT2D eigenvalue weighted by molar-refractivity contribution is 6.30. The summed E-state index contributed by atoms with van der Waals surface area (Å²) >= 11 is 12.3. The number of carbonyl (C=O) groups is 1. The molecule has 0 saturated heterocycles. The summed E-state index contributed by atoms with van der Waals surface area (Å²) in [7, 11) is 2.13. The normalized spacial score (nSPS) is 11.5. The summed E-state index contributed by atoms with van der Waals surface area (Å²) < 4.78 is 5.20. The van der Waals surface area contributed by atoms with Crippen molar-refractivity contribution in [3.05, 3.63) is 99.5 Å². The van der Waals surface area contributed by atoms with Crippen molar-refractivity contribution in [3.63, 3.8) is 0 Å².